The molecule has 0 unspecified atom stereocenters. The van der Waals surface area contributed by atoms with Crippen molar-refractivity contribution in [3.8, 4) is 0 Å². The Morgan fingerprint density at radius 3 is 2.40 bits per heavy atom. The van der Waals surface area contributed by atoms with Gasteiger partial charge in [-0.3, -0.25) is 4.79 Å². The van der Waals surface area contributed by atoms with Crippen molar-refractivity contribution in [3.05, 3.63) is 29.3 Å². The molecule has 0 aliphatic rings. The van der Waals surface area contributed by atoms with Gasteiger partial charge in [0, 0.05) is 25.7 Å². The highest BCUT2D eigenvalue weighted by molar-refractivity contribution is 5.94. The molecule has 20 heavy (non-hydrogen) atoms. The van der Waals surface area contributed by atoms with Crippen molar-refractivity contribution < 1.29 is 19.5 Å². The lowest BCUT2D eigenvalue weighted by Gasteiger charge is -2.09. The summed E-state index contributed by atoms with van der Waals surface area (Å²) in [4.78, 5) is 33.1. The first kappa shape index (κ1) is 15.5. The maximum Gasteiger partial charge on any atom is 0.336 e. The Kier molecular flexibility index (Phi) is 5.52. The van der Waals surface area contributed by atoms with Crippen LogP contribution < -0.4 is 16.0 Å². The largest absolute Gasteiger partial charge is 0.478 e. The van der Waals surface area contributed by atoms with Crippen molar-refractivity contribution in [2.24, 2.45) is 0 Å². The summed E-state index contributed by atoms with van der Waals surface area (Å²) in [5, 5.41) is 16.6. The van der Waals surface area contributed by atoms with Crippen LogP contribution >= 0.6 is 0 Å². The van der Waals surface area contributed by atoms with E-state index in [9.17, 15) is 14.4 Å². The molecular weight excluding hydrogens is 262 g/mol. The summed E-state index contributed by atoms with van der Waals surface area (Å²) < 4.78 is 0. The average molecular weight is 279 g/mol. The Bertz CT molecular complexity index is 528. The number of amides is 3. The summed E-state index contributed by atoms with van der Waals surface area (Å²) in [7, 11) is 0. The van der Waals surface area contributed by atoms with Crippen molar-refractivity contribution in [2.75, 3.05) is 18.4 Å². The fourth-order valence-corrected chi connectivity index (χ4v) is 1.52. The fourth-order valence-electron chi connectivity index (χ4n) is 1.52. The van der Waals surface area contributed by atoms with Crippen molar-refractivity contribution in [2.45, 2.75) is 13.8 Å². The van der Waals surface area contributed by atoms with Crippen molar-refractivity contribution >= 4 is 23.6 Å². The maximum atomic E-state index is 11.5. The van der Waals surface area contributed by atoms with Gasteiger partial charge in [0.05, 0.1) is 5.56 Å². The molecule has 4 N–H and O–H groups in total. The smallest absolute Gasteiger partial charge is 0.336 e. The molecule has 0 radical (unpaired) electrons. The molecule has 0 saturated heterocycles. The molecule has 0 atom stereocenters. The fraction of sp³-hybridized carbons (Fsp3) is 0.308. The average Bonchev–Trinajstić information content (AvgIpc) is 2.36. The third-order valence-corrected chi connectivity index (χ3v) is 2.51. The molecular formula is C13H17N3O4. The van der Waals surface area contributed by atoms with E-state index in [1.54, 1.807) is 19.1 Å². The first-order valence-electron chi connectivity index (χ1n) is 6.03. The van der Waals surface area contributed by atoms with Crippen LogP contribution in [0.15, 0.2) is 18.2 Å². The summed E-state index contributed by atoms with van der Waals surface area (Å²) in [6, 6.07) is 4.17. The van der Waals surface area contributed by atoms with Gasteiger partial charge in [0.15, 0.2) is 0 Å². The van der Waals surface area contributed by atoms with E-state index in [0.29, 0.717) is 17.8 Å². The first-order valence-corrected chi connectivity index (χ1v) is 6.03. The van der Waals surface area contributed by atoms with Crippen LogP contribution in [0.25, 0.3) is 0 Å². The number of anilines is 1. The van der Waals surface area contributed by atoms with Crippen LogP contribution in [0.3, 0.4) is 0 Å². The highest BCUT2D eigenvalue weighted by Gasteiger charge is 2.09. The van der Waals surface area contributed by atoms with Gasteiger partial charge in [0.1, 0.15) is 0 Å². The molecule has 0 bridgehead atoms. The number of hydrogen-bond acceptors (Lipinski definition) is 3. The van der Waals surface area contributed by atoms with Gasteiger partial charge in [-0.1, -0.05) is 6.07 Å². The molecule has 1 aromatic rings. The summed E-state index contributed by atoms with van der Waals surface area (Å²) in [6.45, 7) is 3.68. The second-order valence-corrected chi connectivity index (χ2v) is 4.20. The van der Waals surface area contributed by atoms with Crippen molar-refractivity contribution in [3.63, 3.8) is 0 Å². The number of aryl methyl sites for hydroxylation is 1. The zero-order valence-corrected chi connectivity index (χ0v) is 11.3. The number of rotatable bonds is 5. The Morgan fingerprint density at radius 2 is 1.80 bits per heavy atom. The maximum absolute atomic E-state index is 11.5. The third-order valence-electron chi connectivity index (χ3n) is 2.51. The standard InChI is InChI=1S/C13H17N3O4/c1-8-3-4-10(7-11(8)12(18)19)16-13(20)15-6-5-14-9(2)17/h3-4,7H,5-6H2,1-2H3,(H,14,17)(H,18,19)(H2,15,16,20). The van der Waals surface area contributed by atoms with Gasteiger partial charge >= 0.3 is 12.0 Å². The van der Waals surface area contributed by atoms with E-state index in [1.807, 2.05) is 0 Å². The number of urea groups is 1. The lowest BCUT2D eigenvalue weighted by Crippen LogP contribution is -2.36. The molecule has 1 rings (SSSR count). The van der Waals surface area contributed by atoms with Crippen LogP contribution in [0.5, 0.6) is 0 Å². The van der Waals surface area contributed by atoms with Gasteiger partial charge in [-0.2, -0.15) is 0 Å². The van der Waals surface area contributed by atoms with Gasteiger partial charge in [-0.25, -0.2) is 9.59 Å². The van der Waals surface area contributed by atoms with E-state index >= 15 is 0 Å². The summed E-state index contributed by atoms with van der Waals surface area (Å²) >= 11 is 0. The van der Waals surface area contributed by atoms with E-state index in [2.05, 4.69) is 16.0 Å². The predicted molar refractivity (Wildman–Crippen MR) is 73.8 cm³/mol. The van der Waals surface area contributed by atoms with Crippen molar-refractivity contribution in [1.82, 2.24) is 10.6 Å². The molecule has 0 aliphatic heterocycles. The monoisotopic (exact) mass is 279 g/mol. The van der Waals surface area contributed by atoms with Crippen LogP contribution in [0.4, 0.5) is 10.5 Å². The topological polar surface area (TPSA) is 108 Å². The Hall–Kier alpha value is -2.57. The van der Waals surface area contributed by atoms with Crippen LogP contribution in [0, 0.1) is 6.92 Å². The van der Waals surface area contributed by atoms with Gasteiger partial charge < -0.3 is 21.1 Å². The van der Waals surface area contributed by atoms with E-state index in [1.165, 1.54) is 13.0 Å². The highest BCUT2D eigenvalue weighted by Crippen LogP contribution is 2.15. The number of carbonyl (C=O) groups is 3. The molecule has 0 aliphatic carbocycles. The second kappa shape index (κ2) is 7.13. The zero-order chi connectivity index (χ0) is 15.1. The second-order valence-electron chi connectivity index (χ2n) is 4.20. The minimum atomic E-state index is -1.04. The molecule has 0 saturated carbocycles. The van der Waals surface area contributed by atoms with Crippen LogP contribution in [0.2, 0.25) is 0 Å². The summed E-state index contributed by atoms with van der Waals surface area (Å²) in [5.41, 5.74) is 1.15. The lowest BCUT2D eigenvalue weighted by atomic mass is 10.1. The molecule has 0 aromatic heterocycles. The Morgan fingerprint density at radius 1 is 1.15 bits per heavy atom. The number of carboxylic acid groups (broad SMARTS) is 1. The predicted octanol–water partition coefficient (Wildman–Crippen LogP) is 0.951. The highest BCUT2D eigenvalue weighted by atomic mass is 16.4. The Labute approximate surface area is 116 Å². The molecule has 7 nitrogen and oxygen atoms in total. The lowest BCUT2D eigenvalue weighted by molar-refractivity contribution is -0.118. The van der Waals surface area contributed by atoms with E-state index in [0.717, 1.165) is 0 Å². The molecule has 0 fully saturated rings. The zero-order valence-electron chi connectivity index (χ0n) is 11.3. The number of carbonyl (C=O) groups excluding carboxylic acids is 2. The molecule has 1 aromatic carbocycles. The molecule has 108 valence electrons. The quantitative estimate of drug-likeness (QED) is 0.602. The van der Waals surface area contributed by atoms with Gasteiger partial charge in [0.25, 0.3) is 0 Å². The minimum Gasteiger partial charge on any atom is -0.478 e. The number of carboxylic acids is 1. The van der Waals surface area contributed by atoms with Crippen LogP contribution in [0.1, 0.15) is 22.8 Å². The van der Waals surface area contributed by atoms with E-state index in [-0.39, 0.29) is 18.0 Å². The van der Waals surface area contributed by atoms with Gasteiger partial charge in [0.2, 0.25) is 5.91 Å². The van der Waals surface area contributed by atoms with Crippen LogP contribution in [-0.2, 0) is 4.79 Å². The molecule has 7 heteroatoms. The minimum absolute atomic E-state index is 0.140. The SMILES string of the molecule is CC(=O)NCCNC(=O)Nc1ccc(C)c(C(=O)O)c1. The Balaban J connectivity index is 2.52. The van der Waals surface area contributed by atoms with E-state index in [4.69, 9.17) is 5.11 Å². The summed E-state index contributed by atoms with van der Waals surface area (Å²) in [5.74, 6) is -1.21. The normalized spacial score (nSPS) is 9.70. The molecule has 0 heterocycles. The van der Waals surface area contributed by atoms with Gasteiger partial charge in [-0.15, -0.1) is 0 Å². The number of aromatic carboxylic acids is 1. The van der Waals surface area contributed by atoms with Gasteiger partial charge in [-0.05, 0) is 24.6 Å². The van der Waals surface area contributed by atoms with Crippen molar-refractivity contribution in [1.29, 1.82) is 0 Å². The number of nitrogens with one attached hydrogen (secondary N) is 3. The number of hydrogen-bond donors (Lipinski definition) is 4. The van der Waals surface area contributed by atoms with E-state index < -0.39 is 12.0 Å². The first-order chi connectivity index (χ1) is 9.40. The third kappa shape index (κ3) is 4.97. The molecule has 0 spiro atoms. The van der Waals surface area contributed by atoms with Crippen LogP contribution in [-0.4, -0.2) is 36.1 Å². The number of benzene rings is 1. The summed E-state index contributed by atoms with van der Waals surface area (Å²) in [6.07, 6.45) is 0. The molecule has 3 amide bonds.